The van der Waals surface area contributed by atoms with Gasteiger partial charge in [0, 0.05) is 44.2 Å². The van der Waals surface area contributed by atoms with Crippen LogP contribution in [-0.2, 0) is 0 Å². The van der Waals surface area contributed by atoms with E-state index in [1.54, 1.807) is 0 Å². The van der Waals surface area contributed by atoms with Gasteiger partial charge in [0.15, 0.2) is 0 Å². The summed E-state index contributed by atoms with van der Waals surface area (Å²) in [5, 5.41) is 20.6. The van der Waals surface area contributed by atoms with E-state index in [9.17, 15) is 9.90 Å². The van der Waals surface area contributed by atoms with Crippen LogP contribution in [0.5, 0.6) is 0 Å². The number of carbonyl (C=O) groups is 1. The number of hydrogen-bond acceptors (Lipinski definition) is 3. The molecule has 3 rings (SSSR count). The molecule has 1 aliphatic heterocycles. The van der Waals surface area contributed by atoms with Gasteiger partial charge in [0.1, 0.15) is 0 Å². The maximum atomic E-state index is 11.4. The Kier molecular flexibility index (Phi) is 5.85. The lowest BCUT2D eigenvalue weighted by atomic mass is 9.72. The number of hydrogen-bond donors (Lipinski definition) is 2. The summed E-state index contributed by atoms with van der Waals surface area (Å²) in [4.78, 5) is 14.9. The molecule has 1 heterocycles. The lowest BCUT2D eigenvalue weighted by molar-refractivity contribution is -0.0338. The normalized spacial score (nSPS) is 21.8. The standard InChI is InChI=1S/C21H28N2O3/c1-2-17-7-6-8-18(15-17)19(21(26)9-4-3-5-10-21)16-22-11-13-23(14-12-22)20(24)25/h1,6-8,15,19,26H,3-5,9-14,16H2,(H,24,25). The number of terminal acetylenes is 1. The summed E-state index contributed by atoms with van der Waals surface area (Å²) in [6.45, 7) is 3.18. The molecule has 1 saturated carbocycles. The van der Waals surface area contributed by atoms with Gasteiger partial charge in [0.25, 0.3) is 0 Å². The Morgan fingerprint density at radius 1 is 1.19 bits per heavy atom. The third-order valence-electron chi connectivity index (χ3n) is 5.91. The van der Waals surface area contributed by atoms with Gasteiger partial charge < -0.3 is 15.1 Å². The van der Waals surface area contributed by atoms with E-state index in [0.29, 0.717) is 26.2 Å². The third-order valence-corrected chi connectivity index (χ3v) is 5.91. The van der Waals surface area contributed by atoms with Crippen LogP contribution >= 0.6 is 0 Å². The van der Waals surface area contributed by atoms with Crippen molar-refractivity contribution in [3.63, 3.8) is 0 Å². The molecule has 5 nitrogen and oxygen atoms in total. The zero-order valence-electron chi connectivity index (χ0n) is 15.2. The number of rotatable bonds is 4. The molecule has 2 aliphatic rings. The highest BCUT2D eigenvalue weighted by atomic mass is 16.4. The summed E-state index contributed by atoms with van der Waals surface area (Å²) in [5.74, 6) is 2.69. The van der Waals surface area contributed by atoms with Crippen molar-refractivity contribution in [2.24, 2.45) is 0 Å². The molecule has 5 heteroatoms. The lowest BCUT2D eigenvalue weighted by Crippen LogP contribution is -2.51. The zero-order valence-corrected chi connectivity index (χ0v) is 15.2. The predicted molar refractivity (Wildman–Crippen MR) is 101 cm³/mol. The summed E-state index contributed by atoms with van der Waals surface area (Å²) < 4.78 is 0. The van der Waals surface area contributed by atoms with Gasteiger partial charge in [-0.3, -0.25) is 4.90 Å². The van der Waals surface area contributed by atoms with Crippen LogP contribution in [0.25, 0.3) is 0 Å². The number of nitrogens with zero attached hydrogens (tertiary/aromatic N) is 2. The van der Waals surface area contributed by atoms with Crippen LogP contribution in [0.1, 0.15) is 49.1 Å². The van der Waals surface area contributed by atoms with Crippen LogP contribution in [0.2, 0.25) is 0 Å². The van der Waals surface area contributed by atoms with Gasteiger partial charge in [-0.1, -0.05) is 37.3 Å². The third kappa shape index (κ3) is 4.20. The molecule has 140 valence electrons. The van der Waals surface area contributed by atoms with Gasteiger partial charge in [-0.25, -0.2) is 4.79 Å². The first-order valence-electron chi connectivity index (χ1n) is 9.51. The largest absolute Gasteiger partial charge is 0.465 e. The van der Waals surface area contributed by atoms with Crippen molar-refractivity contribution < 1.29 is 15.0 Å². The van der Waals surface area contributed by atoms with Gasteiger partial charge in [0.2, 0.25) is 0 Å². The van der Waals surface area contributed by atoms with Crippen molar-refractivity contribution in [1.82, 2.24) is 9.80 Å². The first kappa shape index (κ1) is 18.8. The van der Waals surface area contributed by atoms with Crippen LogP contribution in [0, 0.1) is 12.3 Å². The lowest BCUT2D eigenvalue weighted by Gasteiger charge is -2.43. The molecule has 0 radical (unpaired) electrons. The van der Waals surface area contributed by atoms with E-state index < -0.39 is 11.7 Å². The highest BCUT2D eigenvalue weighted by Crippen LogP contribution is 2.40. The number of aliphatic hydroxyl groups is 1. The van der Waals surface area contributed by atoms with E-state index in [0.717, 1.165) is 43.4 Å². The fraction of sp³-hybridized carbons (Fsp3) is 0.571. The molecule has 1 aromatic carbocycles. The molecule has 1 saturated heterocycles. The van der Waals surface area contributed by atoms with Crippen LogP contribution < -0.4 is 0 Å². The molecule has 2 N–H and O–H groups in total. The Morgan fingerprint density at radius 2 is 1.88 bits per heavy atom. The van der Waals surface area contributed by atoms with Gasteiger partial charge in [-0.2, -0.15) is 0 Å². The van der Waals surface area contributed by atoms with Gasteiger partial charge in [-0.05, 0) is 30.5 Å². The second-order valence-electron chi connectivity index (χ2n) is 7.56. The average Bonchev–Trinajstić information content (AvgIpc) is 2.67. The number of benzene rings is 1. The molecule has 26 heavy (non-hydrogen) atoms. The fourth-order valence-corrected chi connectivity index (χ4v) is 4.32. The first-order chi connectivity index (χ1) is 12.5. The Hall–Kier alpha value is -2.03. The van der Waals surface area contributed by atoms with Crippen LogP contribution in [0.4, 0.5) is 4.79 Å². The molecule has 0 bridgehead atoms. The monoisotopic (exact) mass is 356 g/mol. The van der Waals surface area contributed by atoms with Crippen molar-refractivity contribution in [2.45, 2.75) is 43.6 Å². The number of amides is 1. The van der Waals surface area contributed by atoms with E-state index in [-0.39, 0.29) is 5.92 Å². The number of piperazine rings is 1. The topological polar surface area (TPSA) is 64.0 Å². The molecule has 1 unspecified atom stereocenters. The quantitative estimate of drug-likeness (QED) is 0.815. The molecule has 1 aliphatic carbocycles. The Morgan fingerprint density at radius 3 is 2.50 bits per heavy atom. The first-order valence-corrected chi connectivity index (χ1v) is 9.51. The Labute approximate surface area is 155 Å². The van der Waals surface area contributed by atoms with Crippen LogP contribution in [-0.4, -0.2) is 64.4 Å². The second kappa shape index (κ2) is 8.11. The SMILES string of the molecule is C#Cc1cccc(C(CN2CCN(C(=O)O)CC2)C2(O)CCCCC2)c1. The summed E-state index contributed by atoms with van der Waals surface area (Å²) in [6.07, 6.45) is 9.62. The molecular weight excluding hydrogens is 328 g/mol. The van der Waals surface area contributed by atoms with Crippen LogP contribution in [0.3, 0.4) is 0 Å². The van der Waals surface area contributed by atoms with Crippen molar-refractivity contribution in [2.75, 3.05) is 32.7 Å². The zero-order chi connectivity index (χ0) is 18.6. The molecule has 1 aromatic rings. The molecule has 2 fully saturated rings. The number of carboxylic acid groups (broad SMARTS) is 1. The predicted octanol–water partition coefficient (Wildman–Crippen LogP) is 2.74. The molecular formula is C21H28N2O3. The van der Waals surface area contributed by atoms with Crippen molar-refractivity contribution in [1.29, 1.82) is 0 Å². The van der Waals surface area contributed by atoms with E-state index in [1.807, 2.05) is 18.2 Å². The smallest absolute Gasteiger partial charge is 0.407 e. The van der Waals surface area contributed by atoms with Gasteiger partial charge in [0.05, 0.1) is 5.60 Å². The minimum Gasteiger partial charge on any atom is -0.465 e. The minimum atomic E-state index is -0.853. The summed E-state index contributed by atoms with van der Waals surface area (Å²) in [7, 11) is 0. The molecule has 1 atom stereocenters. The molecule has 1 amide bonds. The van der Waals surface area contributed by atoms with Crippen molar-refractivity contribution in [3.8, 4) is 12.3 Å². The Bertz CT molecular complexity index is 668. The summed E-state index contributed by atoms with van der Waals surface area (Å²) in [6, 6.07) is 7.96. The maximum Gasteiger partial charge on any atom is 0.407 e. The van der Waals surface area contributed by atoms with Crippen molar-refractivity contribution >= 4 is 6.09 Å². The molecule has 0 aromatic heterocycles. The average molecular weight is 356 g/mol. The van der Waals surface area contributed by atoms with Gasteiger partial charge >= 0.3 is 6.09 Å². The second-order valence-corrected chi connectivity index (χ2v) is 7.56. The maximum absolute atomic E-state index is 11.4. The highest BCUT2D eigenvalue weighted by molar-refractivity contribution is 5.65. The van der Waals surface area contributed by atoms with Gasteiger partial charge in [-0.15, -0.1) is 6.42 Å². The van der Waals surface area contributed by atoms with E-state index >= 15 is 0 Å². The highest BCUT2D eigenvalue weighted by Gasteiger charge is 2.40. The van der Waals surface area contributed by atoms with E-state index in [1.165, 1.54) is 11.3 Å². The molecule has 0 spiro atoms. The fourth-order valence-electron chi connectivity index (χ4n) is 4.32. The summed E-state index contributed by atoms with van der Waals surface area (Å²) in [5.41, 5.74) is 1.21. The van der Waals surface area contributed by atoms with E-state index in [4.69, 9.17) is 11.5 Å². The minimum absolute atomic E-state index is 0.00696. The Balaban J connectivity index is 1.79. The summed E-state index contributed by atoms with van der Waals surface area (Å²) >= 11 is 0. The van der Waals surface area contributed by atoms with Crippen molar-refractivity contribution in [3.05, 3.63) is 35.4 Å². The van der Waals surface area contributed by atoms with E-state index in [2.05, 4.69) is 16.9 Å². The van der Waals surface area contributed by atoms with Crippen LogP contribution in [0.15, 0.2) is 24.3 Å².